The summed E-state index contributed by atoms with van der Waals surface area (Å²) in [7, 11) is 2.01. The summed E-state index contributed by atoms with van der Waals surface area (Å²) >= 11 is 0. The lowest BCUT2D eigenvalue weighted by atomic mass is 9.87. The van der Waals surface area contributed by atoms with Crippen molar-refractivity contribution in [2.24, 2.45) is 0 Å². The number of nitrogens with one attached hydrogen (secondary N) is 3. The van der Waals surface area contributed by atoms with Crippen molar-refractivity contribution in [1.82, 2.24) is 10.6 Å². The van der Waals surface area contributed by atoms with E-state index >= 15 is 0 Å². The van der Waals surface area contributed by atoms with Crippen LogP contribution in [-0.4, -0.2) is 25.5 Å². The van der Waals surface area contributed by atoms with Crippen LogP contribution in [-0.2, 0) is 17.8 Å². The second kappa shape index (κ2) is 7.98. The number of amides is 3. The van der Waals surface area contributed by atoms with E-state index in [-0.39, 0.29) is 19.0 Å². The summed E-state index contributed by atoms with van der Waals surface area (Å²) in [4.78, 5) is 25.1. The molecule has 0 fully saturated rings. The zero-order chi connectivity index (χ0) is 17.6. The van der Waals surface area contributed by atoms with Crippen LogP contribution >= 0.6 is 0 Å². The largest absolute Gasteiger partial charge is 0.467 e. The van der Waals surface area contributed by atoms with Crippen molar-refractivity contribution in [2.75, 3.05) is 13.6 Å². The van der Waals surface area contributed by atoms with E-state index in [9.17, 15) is 9.59 Å². The Labute approximate surface area is 147 Å². The number of rotatable bonds is 5. The van der Waals surface area contributed by atoms with Crippen molar-refractivity contribution in [3.8, 4) is 0 Å². The van der Waals surface area contributed by atoms with E-state index in [4.69, 9.17) is 4.42 Å². The molecule has 0 aliphatic heterocycles. The summed E-state index contributed by atoms with van der Waals surface area (Å²) in [5.74, 6) is 0.363. The van der Waals surface area contributed by atoms with E-state index in [1.165, 1.54) is 11.1 Å². The third-order valence-electron chi connectivity index (χ3n) is 4.66. The average Bonchev–Trinajstić information content (AvgIpc) is 3.13. The van der Waals surface area contributed by atoms with Crippen molar-refractivity contribution in [2.45, 2.75) is 31.8 Å². The second-order valence-electron chi connectivity index (χ2n) is 6.48. The first kappa shape index (κ1) is 17.2. The molecule has 6 heteroatoms. The molecule has 0 bridgehead atoms. The van der Waals surface area contributed by atoms with Crippen LogP contribution in [0.1, 0.15) is 35.8 Å². The first-order valence-corrected chi connectivity index (χ1v) is 8.63. The van der Waals surface area contributed by atoms with Gasteiger partial charge in [-0.25, -0.2) is 4.79 Å². The highest BCUT2D eigenvalue weighted by Gasteiger charge is 2.28. The van der Waals surface area contributed by atoms with Gasteiger partial charge in [0.05, 0.1) is 19.9 Å². The fraction of sp³-hybridized carbons (Fsp3) is 0.368. The Morgan fingerprint density at radius 2 is 2.08 bits per heavy atom. The van der Waals surface area contributed by atoms with Crippen LogP contribution in [0.2, 0.25) is 0 Å². The summed E-state index contributed by atoms with van der Waals surface area (Å²) in [5.41, 5.74) is 2.69. The lowest BCUT2D eigenvalue weighted by Crippen LogP contribution is -3.10. The van der Waals surface area contributed by atoms with Crippen molar-refractivity contribution >= 4 is 11.9 Å². The van der Waals surface area contributed by atoms with Crippen LogP contribution in [0.5, 0.6) is 0 Å². The predicted molar refractivity (Wildman–Crippen MR) is 93.0 cm³/mol. The van der Waals surface area contributed by atoms with Gasteiger partial charge < -0.3 is 14.6 Å². The molecule has 6 nitrogen and oxygen atoms in total. The van der Waals surface area contributed by atoms with Crippen molar-refractivity contribution in [3.63, 3.8) is 0 Å². The number of carbonyl (C=O) groups is 2. The minimum Gasteiger partial charge on any atom is -0.467 e. The Morgan fingerprint density at radius 1 is 1.24 bits per heavy atom. The number of quaternary nitrogens is 1. The van der Waals surface area contributed by atoms with Gasteiger partial charge in [0.2, 0.25) is 0 Å². The highest BCUT2D eigenvalue weighted by atomic mass is 16.3. The summed E-state index contributed by atoms with van der Waals surface area (Å²) in [6.45, 7) is 0.512. The number of carbonyl (C=O) groups excluding carboxylic acids is 2. The van der Waals surface area contributed by atoms with Gasteiger partial charge in [-0.1, -0.05) is 24.3 Å². The third-order valence-corrected chi connectivity index (χ3v) is 4.66. The molecule has 3 amide bonds. The number of fused-ring (bicyclic) bond motifs is 1. The number of urea groups is 1. The van der Waals surface area contributed by atoms with Gasteiger partial charge >= 0.3 is 6.03 Å². The molecule has 1 heterocycles. The quantitative estimate of drug-likeness (QED) is 0.764. The van der Waals surface area contributed by atoms with Gasteiger partial charge in [-0.3, -0.25) is 10.1 Å². The van der Waals surface area contributed by atoms with E-state index < -0.39 is 6.03 Å². The fourth-order valence-corrected chi connectivity index (χ4v) is 3.44. The maximum atomic E-state index is 12.2. The summed E-state index contributed by atoms with van der Waals surface area (Å²) in [6.07, 6.45) is 4.83. The molecule has 1 aliphatic carbocycles. The molecule has 1 aliphatic rings. The molecule has 0 saturated carbocycles. The van der Waals surface area contributed by atoms with Crippen molar-refractivity contribution < 1.29 is 18.9 Å². The molecule has 0 radical (unpaired) electrons. The van der Waals surface area contributed by atoms with Gasteiger partial charge in [-0.15, -0.1) is 0 Å². The molecule has 1 unspecified atom stereocenters. The maximum absolute atomic E-state index is 12.2. The maximum Gasteiger partial charge on any atom is 0.321 e. The van der Waals surface area contributed by atoms with E-state index in [2.05, 4.69) is 28.8 Å². The molecular weight excluding hydrogens is 318 g/mol. The first-order valence-electron chi connectivity index (χ1n) is 8.63. The van der Waals surface area contributed by atoms with Crippen LogP contribution in [0.15, 0.2) is 47.1 Å². The Balaban J connectivity index is 1.50. The second-order valence-corrected chi connectivity index (χ2v) is 6.48. The summed E-state index contributed by atoms with van der Waals surface area (Å²) in [5, 5.41) is 5.00. The number of benzene rings is 1. The molecule has 132 valence electrons. The van der Waals surface area contributed by atoms with Crippen LogP contribution < -0.4 is 15.5 Å². The molecule has 2 atom stereocenters. The van der Waals surface area contributed by atoms with E-state index in [0.717, 1.165) is 24.2 Å². The monoisotopic (exact) mass is 342 g/mol. The SMILES string of the molecule is C[NH+](CC(=O)NC(=O)NCc1ccco1)[C@H]1CCCc2ccccc21. The average molecular weight is 342 g/mol. The Kier molecular flexibility index (Phi) is 5.50. The first-order chi connectivity index (χ1) is 12.1. The number of imide groups is 1. The number of hydrogen-bond acceptors (Lipinski definition) is 3. The molecular formula is C19H24N3O3+. The van der Waals surface area contributed by atoms with E-state index in [1.807, 2.05) is 13.1 Å². The van der Waals surface area contributed by atoms with E-state index in [0.29, 0.717) is 11.8 Å². The van der Waals surface area contributed by atoms with Crippen LogP contribution in [0.3, 0.4) is 0 Å². The molecule has 3 N–H and O–H groups in total. The van der Waals surface area contributed by atoms with Crippen molar-refractivity contribution in [1.29, 1.82) is 0 Å². The zero-order valence-electron chi connectivity index (χ0n) is 14.4. The van der Waals surface area contributed by atoms with Crippen LogP contribution in [0.25, 0.3) is 0 Å². The lowest BCUT2D eigenvalue weighted by Gasteiger charge is -2.30. The van der Waals surface area contributed by atoms with Gasteiger partial charge in [-0.05, 0) is 30.5 Å². The Hall–Kier alpha value is -2.60. The van der Waals surface area contributed by atoms with Gasteiger partial charge in [0.25, 0.3) is 5.91 Å². The van der Waals surface area contributed by atoms with Crippen LogP contribution in [0.4, 0.5) is 4.79 Å². The number of hydrogen-bond donors (Lipinski definition) is 3. The lowest BCUT2D eigenvalue weighted by molar-refractivity contribution is -0.905. The molecule has 0 saturated heterocycles. The molecule has 0 spiro atoms. The highest BCUT2D eigenvalue weighted by molar-refractivity contribution is 5.94. The molecule has 1 aromatic carbocycles. The Bertz CT molecular complexity index is 727. The predicted octanol–water partition coefficient (Wildman–Crippen LogP) is 1.20. The summed E-state index contributed by atoms with van der Waals surface area (Å²) in [6, 6.07) is 11.7. The minimum atomic E-state index is -0.502. The normalized spacial score (nSPS) is 17.4. The third kappa shape index (κ3) is 4.48. The standard InChI is InChI=1S/C19H23N3O3/c1-22(17-10-4-7-14-6-2-3-9-16(14)17)13-18(23)21-19(24)20-12-15-8-5-11-25-15/h2-3,5-6,8-9,11,17H,4,7,10,12-13H2,1H3,(H2,20,21,23,24)/p+1/t17-/m0/s1. The van der Waals surface area contributed by atoms with Crippen LogP contribution in [0, 0.1) is 0 Å². The smallest absolute Gasteiger partial charge is 0.321 e. The Morgan fingerprint density at radius 3 is 2.88 bits per heavy atom. The highest BCUT2D eigenvalue weighted by Crippen LogP contribution is 2.27. The molecule has 2 aromatic rings. The number of aryl methyl sites for hydroxylation is 1. The van der Waals surface area contributed by atoms with Gasteiger partial charge in [-0.2, -0.15) is 0 Å². The topological polar surface area (TPSA) is 75.8 Å². The number of likely N-dealkylation sites (N-methyl/N-ethyl adjacent to an activating group) is 1. The molecule has 3 rings (SSSR count). The van der Waals surface area contributed by atoms with E-state index in [1.54, 1.807) is 18.4 Å². The zero-order valence-corrected chi connectivity index (χ0v) is 14.4. The summed E-state index contributed by atoms with van der Waals surface area (Å²) < 4.78 is 5.13. The fourth-order valence-electron chi connectivity index (χ4n) is 3.44. The van der Waals surface area contributed by atoms with Crippen molar-refractivity contribution in [3.05, 3.63) is 59.5 Å². The van der Waals surface area contributed by atoms with Gasteiger partial charge in [0, 0.05) is 12.0 Å². The van der Waals surface area contributed by atoms with Gasteiger partial charge in [0.15, 0.2) is 6.54 Å². The minimum absolute atomic E-state index is 0.255. The number of furan rings is 1. The molecule has 25 heavy (non-hydrogen) atoms. The molecule has 1 aromatic heterocycles. The van der Waals surface area contributed by atoms with Gasteiger partial charge in [0.1, 0.15) is 11.8 Å².